The molecule has 0 fully saturated rings. The molecule has 0 bridgehead atoms. The zero-order valence-electron chi connectivity index (χ0n) is 28.8. The molecule has 7 aromatic carbocycles. The highest BCUT2D eigenvalue weighted by Crippen LogP contribution is 2.37. The van der Waals surface area contributed by atoms with Crippen LogP contribution in [0.15, 0.2) is 219 Å². The fourth-order valence-electron chi connectivity index (χ4n) is 5.65. The molecule has 4 heteroatoms. The van der Waals surface area contributed by atoms with Crippen LogP contribution in [0.1, 0.15) is 22.3 Å². The third kappa shape index (κ3) is 8.45. The lowest BCUT2D eigenvalue weighted by Crippen LogP contribution is -2.04. The third-order valence-electron chi connectivity index (χ3n) is 8.44. The minimum Gasteiger partial charge on any atom is -0.0901 e. The van der Waals surface area contributed by atoms with E-state index in [9.17, 15) is 0 Å². The van der Waals surface area contributed by atoms with Crippen LogP contribution in [0.2, 0.25) is 0 Å². The van der Waals surface area contributed by atoms with Crippen LogP contribution < -0.4 is 0 Å². The summed E-state index contributed by atoms with van der Waals surface area (Å²) in [7, 11) is -0.292. The second-order valence-corrected chi connectivity index (χ2v) is 18.8. The Kier molecular flexibility index (Phi) is 10.9. The zero-order chi connectivity index (χ0) is 34.5. The van der Waals surface area contributed by atoms with E-state index in [2.05, 4.69) is 198 Å². The Bertz CT molecular complexity index is 1880. The van der Waals surface area contributed by atoms with Gasteiger partial charge in [0.25, 0.3) is 0 Å². The molecule has 0 aliphatic rings. The van der Waals surface area contributed by atoms with Gasteiger partial charge in [0.1, 0.15) is 0 Å². The summed E-state index contributed by atoms with van der Waals surface area (Å²) < 4.78 is 0. The molecule has 7 aromatic rings. The molecule has 0 atom stereocenters. The van der Waals surface area contributed by atoms with Crippen LogP contribution in [0.25, 0.3) is 0 Å². The molecule has 0 nitrogen and oxygen atoms in total. The van der Waals surface area contributed by atoms with Gasteiger partial charge in [-0.15, -0.1) is 0 Å². The predicted octanol–water partition coefficient (Wildman–Crippen LogP) is 13.4. The lowest BCUT2D eigenvalue weighted by Gasteiger charge is -2.10. The quantitative estimate of drug-likeness (QED) is 0.129. The van der Waals surface area contributed by atoms with Crippen LogP contribution in [0.4, 0.5) is 0 Å². The molecule has 7 rings (SSSR count). The SMILES string of the molecule is Cc1ccc([S+](c2ccc(C)cc2)c2ccc(Sc3ccc(Sc4ccc([S+](c5ccc(C)cc5)c5ccc(C)cc5)cc4)cc3)cc2)cc1. The number of benzene rings is 7. The van der Waals surface area contributed by atoms with E-state index in [0.29, 0.717) is 0 Å². The van der Waals surface area contributed by atoms with Gasteiger partial charge in [-0.2, -0.15) is 0 Å². The minimum absolute atomic E-state index is 0.146. The highest BCUT2D eigenvalue weighted by atomic mass is 32.2. The first kappa shape index (κ1) is 34.4. The van der Waals surface area contributed by atoms with Crippen LogP contribution in [-0.4, -0.2) is 0 Å². The summed E-state index contributed by atoms with van der Waals surface area (Å²) in [4.78, 5) is 13.1. The van der Waals surface area contributed by atoms with E-state index >= 15 is 0 Å². The average molecular weight is 721 g/mol. The van der Waals surface area contributed by atoms with E-state index in [-0.39, 0.29) is 21.8 Å². The number of hydrogen-bond acceptors (Lipinski definition) is 2. The van der Waals surface area contributed by atoms with Gasteiger partial charge in [0.2, 0.25) is 0 Å². The van der Waals surface area contributed by atoms with E-state index in [4.69, 9.17) is 0 Å². The molecular weight excluding hydrogens is 681 g/mol. The summed E-state index contributed by atoms with van der Waals surface area (Å²) in [6.07, 6.45) is 0. The molecule has 0 aromatic heterocycles. The van der Waals surface area contributed by atoms with Crippen molar-refractivity contribution in [2.24, 2.45) is 0 Å². The summed E-state index contributed by atoms with van der Waals surface area (Å²) in [5.74, 6) is 0. The molecule has 0 radical (unpaired) electrons. The van der Waals surface area contributed by atoms with Crippen LogP contribution in [-0.2, 0) is 21.8 Å². The van der Waals surface area contributed by atoms with Crippen molar-refractivity contribution in [3.63, 3.8) is 0 Å². The molecule has 0 saturated carbocycles. The third-order valence-corrected chi connectivity index (χ3v) is 14.9. The van der Waals surface area contributed by atoms with Crippen LogP contribution in [0.5, 0.6) is 0 Å². The van der Waals surface area contributed by atoms with Gasteiger partial charge in [0, 0.05) is 19.6 Å². The van der Waals surface area contributed by atoms with Crippen molar-refractivity contribution in [3.05, 3.63) is 192 Å². The van der Waals surface area contributed by atoms with Crippen molar-refractivity contribution in [1.29, 1.82) is 0 Å². The van der Waals surface area contributed by atoms with Crippen molar-refractivity contribution in [2.75, 3.05) is 0 Å². The van der Waals surface area contributed by atoms with Crippen molar-refractivity contribution in [1.82, 2.24) is 0 Å². The minimum atomic E-state index is -0.146. The Hall–Kier alpha value is -4.06. The standard InChI is InChI=1S/C46H40S4/c1-33-5-21-41(22-6-33)49(42-23-7-34(2)8-24-42)45-29-17-39(18-30-45)47-37-13-15-38(16-14-37)48-40-19-31-46(32-20-40)50(43-25-9-35(3)10-26-43)44-27-11-36(4)12-28-44/h5-32H,1-4H3/q+2. The van der Waals surface area contributed by atoms with Gasteiger partial charge in [0.15, 0.2) is 29.4 Å². The van der Waals surface area contributed by atoms with Gasteiger partial charge >= 0.3 is 0 Å². The summed E-state index contributed by atoms with van der Waals surface area (Å²) in [5.41, 5.74) is 5.15. The molecule has 0 spiro atoms. The van der Waals surface area contributed by atoms with E-state index < -0.39 is 0 Å². The predicted molar refractivity (Wildman–Crippen MR) is 217 cm³/mol. The Morgan fingerprint density at radius 2 is 0.400 bits per heavy atom. The maximum atomic E-state index is 2.31. The van der Waals surface area contributed by atoms with Crippen LogP contribution in [0.3, 0.4) is 0 Å². The van der Waals surface area contributed by atoms with Gasteiger partial charge < -0.3 is 0 Å². The fourth-order valence-corrected chi connectivity index (χ4v) is 11.4. The summed E-state index contributed by atoms with van der Waals surface area (Å²) in [6, 6.07) is 63.3. The first-order valence-corrected chi connectivity index (χ1v) is 20.9. The Morgan fingerprint density at radius 1 is 0.240 bits per heavy atom. The largest absolute Gasteiger partial charge is 0.166 e. The van der Waals surface area contributed by atoms with Crippen molar-refractivity contribution in [2.45, 2.75) is 76.6 Å². The highest BCUT2D eigenvalue weighted by molar-refractivity contribution is 8.00. The number of hydrogen-bond donors (Lipinski definition) is 0. The zero-order valence-corrected chi connectivity index (χ0v) is 32.1. The average Bonchev–Trinajstić information content (AvgIpc) is 3.14. The number of aryl methyl sites for hydroxylation is 4. The first-order chi connectivity index (χ1) is 24.4. The maximum absolute atomic E-state index is 2.31. The lowest BCUT2D eigenvalue weighted by molar-refractivity contribution is 1.26. The smallest absolute Gasteiger partial charge is 0.0901 e. The normalized spacial score (nSPS) is 11.3. The van der Waals surface area contributed by atoms with Crippen molar-refractivity contribution < 1.29 is 0 Å². The van der Waals surface area contributed by atoms with Gasteiger partial charge in [-0.3, -0.25) is 0 Å². The lowest BCUT2D eigenvalue weighted by atomic mass is 10.2. The molecule has 50 heavy (non-hydrogen) atoms. The van der Waals surface area contributed by atoms with E-state index in [1.807, 2.05) is 23.5 Å². The Labute approximate surface area is 312 Å². The summed E-state index contributed by atoms with van der Waals surface area (Å²) in [5, 5.41) is 0. The molecule has 0 amide bonds. The Balaban J connectivity index is 1.03. The molecule has 246 valence electrons. The highest BCUT2D eigenvalue weighted by Gasteiger charge is 2.29. The van der Waals surface area contributed by atoms with E-state index in [0.717, 1.165) is 0 Å². The molecule has 0 N–H and O–H groups in total. The van der Waals surface area contributed by atoms with Gasteiger partial charge in [-0.05, 0) is 149 Å². The fraction of sp³-hybridized carbons (Fsp3) is 0.0870. The topological polar surface area (TPSA) is 0 Å². The molecular formula is C46H40S4+2. The van der Waals surface area contributed by atoms with Crippen molar-refractivity contribution >= 4 is 45.3 Å². The second kappa shape index (κ2) is 15.9. The molecule has 0 heterocycles. The van der Waals surface area contributed by atoms with E-state index in [1.54, 1.807) is 0 Å². The summed E-state index contributed by atoms with van der Waals surface area (Å²) >= 11 is 3.63. The second-order valence-electron chi connectivity index (χ2n) is 12.5. The summed E-state index contributed by atoms with van der Waals surface area (Å²) in [6.45, 7) is 8.60. The monoisotopic (exact) mass is 720 g/mol. The molecule has 0 aliphatic heterocycles. The van der Waals surface area contributed by atoms with Gasteiger partial charge in [0.05, 0.1) is 21.8 Å². The number of rotatable bonds is 10. The molecule has 0 saturated heterocycles. The molecule has 0 aliphatic carbocycles. The first-order valence-electron chi connectivity index (χ1n) is 16.8. The maximum Gasteiger partial charge on any atom is 0.166 e. The van der Waals surface area contributed by atoms with E-state index in [1.165, 1.54) is 71.2 Å². The van der Waals surface area contributed by atoms with Gasteiger partial charge in [-0.25, -0.2) is 0 Å². The Morgan fingerprint density at radius 3 is 0.600 bits per heavy atom. The van der Waals surface area contributed by atoms with Crippen molar-refractivity contribution in [3.8, 4) is 0 Å². The van der Waals surface area contributed by atoms with Crippen LogP contribution in [0, 0.1) is 27.7 Å². The molecule has 0 unspecified atom stereocenters. The van der Waals surface area contributed by atoms with Crippen LogP contribution >= 0.6 is 23.5 Å². The van der Waals surface area contributed by atoms with Gasteiger partial charge in [-0.1, -0.05) is 94.3 Å².